The first-order valence-corrected chi connectivity index (χ1v) is 5.53. The molecule has 88 valence electrons. The molecule has 0 amide bonds. The summed E-state index contributed by atoms with van der Waals surface area (Å²) in [7, 11) is 1.92. The molecule has 0 bridgehead atoms. The van der Waals surface area contributed by atoms with E-state index in [9.17, 15) is 9.90 Å². The number of hydrogen-bond donors (Lipinski definition) is 1. The molecule has 5 heteroatoms. The van der Waals surface area contributed by atoms with E-state index in [2.05, 4.69) is 5.16 Å². The highest BCUT2D eigenvalue weighted by Crippen LogP contribution is 2.35. The van der Waals surface area contributed by atoms with E-state index in [1.807, 2.05) is 11.9 Å². The SMILES string of the molecule is CN(c1noc2cccc(C(=O)O)c12)C1CC1. The third-order valence-corrected chi connectivity index (χ3v) is 3.14. The highest BCUT2D eigenvalue weighted by molar-refractivity contribution is 6.06. The summed E-state index contributed by atoms with van der Waals surface area (Å²) in [6, 6.07) is 5.44. The van der Waals surface area contributed by atoms with E-state index in [1.54, 1.807) is 18.2 Å². The van der Waals surface area contributed by atoms with Gasteiger partial charge in [-0.3, -0.25) is 0 Å². The third kappa shape index (κ3) is 1.54. The lowest BCUT2D eigenvalue weighted by atomic mass is 10.1. The fraction of sp³-hybridized carbons (Fsp3) is 0.333. The second-order valence-electron chi connectivity index (χ2n) is 4.33. The maximum Gasteiger partial charge on any atom is 0.336 e. The fourth-order valence-electron chi connectivity index (χ4n) is 2.03. The van der Waals surface area contributed by atoms with Gasteiger partial charge in [0.25, 0.3) is 0 Å². The molecule has 0 spiro atoms. The fourth-order valence-corrected chi connectivity index (χ4v) is 2.03. The zero-order chi connectivity index (χ0) is 12.0. The Hall–Kier alpha value is -2.04. The molecule has 2 aromatic rings. The van der Waals surface area contributed by atoms with Gasteiger partial charge in [-0.25, -0.2) is 4.79 Å². The number of anilines is 1. The van der Waals surface area contributed by atoms with Gasteiger partial charge in [0.2, 0.25) is 0 Å². The summed E-state index contributed by atoms with van der Waals surface area (Å²) in [6.45, 7) is 0. The molecule has 0 atom stereocenters. The summed E-state index contributed by atoms with van der Waals surface area (Å²) in [4.78, 5) is 13.2. The monoisotopic (exact) mass is 232 g/mol. The first kappa shape index (κ1) is 10.1. The molecular weight excluding hydrogens is 220 g/mol. The van der Waals surface area contributed by atoms with Gasteiger partial charge in [0, 0.05) is 13.1 Å². The number of nitrogens with zero attached hydrogens (tertiary/aromatic N) is 2. The van der Waals surface area contributed by atoms with Gasteiger partial charge in [-0.2, -0.15) is 0 Å². The quantitative estimate of drug-likeness (QED) is 0.878. The second-order valence-corrected chi connectivity index (χ2v) is 4.33. The lowest BCUT2D eigenvalue weighted by molar-refractivity contribution is 0.0699. The Balaban J connectivity index is 2.21. The molecule has 17 heavy (non-hydrogen) atoms. The van der Waals surface area contributed by atoms with Gasteiger partial charge in [0.05, 0.1) is 10.9 Å². The van der Waals surface area contributed by atoms with E-state index in [0.29, 0.717) is 22.8 Å². The zero-order valence-electron chi connectivity index (χ0n) is 9.38. The number of benzene rings is 1. The summed E-state index contributed by atoms with van der Waals surface area (Å²) in [6.07, 6.45) is 2.25. The van der Waals surface area contributed by atoms with Crippen molar-refractivity contribution in [1.29, 1.82) is 0 Å². The maximum atomic E-state index is 11.2. The van der Waals surface area contributed by atoms with Crippen molar-refractivity contribution in [1.82, 2.24) is 5.16 Å². The van der Waals surface area contributed by atoms with Crippen LogP contribution in [0.4, 0.5) is 5.82 Å². The van der Waals surface area contributed by atoms with Crippen LogP contribution in [0.15, 0.2) is 22.7 Å². The number of carboxylic acid groups (broad SMARTS) is 1. The van der Waals surface area contributed by atoms with Gasteiger partial charge in [-0.15, -0.1) is 0 Å². The summed E-state index contributed by atoms with van der Waals surface area (Å²) < 4.78 is 5.18. The molecular formula is C12H12N2O3. The summed E-state index contributed by atoms with van der Waals surface area (Å²) in [5.74, 6) is -0.329. The van der Waals surface area contributed by atoms with Crippen LogP contribution in [0.1, 0.15) is 23.2 Å². The Bertz CT molecular complexity index is 586. The molecule has 0 aliphatic heterocycles. The number of fused-ring (bicyclic) bond motifs is 1. The van der Waals surface area contributed by atoms with Crippen LogP contribution >= 0.6 is 0 Å². The molecule has 5 nitrogen and oxygen atoms in total. The van der Waals surface area contributed by atoms with E-state index >= 15 is 0 Å². The smallest absolute Gasteiger partial charge is 0.336 e. The number of rotatable bonds is 3. The topological polar surface area (TPSA) is 66.6 Å². The van der Waals surface area contributed by atoms with Crippen LogP contribution in [0, 0.1) is 0 Å². The van der Waals surface area contributed by atoms with Crippen LogP contribution in [0.3, 0.4) is 0 Å². The van der Waals surface area contributed by atoms with Crippen molar-refractivity contribution in [3.05, 3.63) is 23.8 Å². The largest absolute Gasteiger partial charge is 0.478 e. The number of hydrogen-bond acceptors (Lipinski definition) is 4. The minimum absolute atomic E-state index is 0.242. The predicted molar refractivity (Wildman–Crippen MR) is 62.4 cm³/mol. The van der Waals surface area contributed by atoms with Gasteiger partial charge in [-0.05, 0) is 25.0 Å². The van der Waals surface area contributed by atoms with Crippen molar-refractivity contribution in [2.24, 2.45) is 0 Å². The molecule has 0 radical (unpaired) electrons. The van der Waals surface area contributed by atoms with Gasteiger partial charge in [0.1, 0.15) is 0 Å². The average Bonchev–Trinajstić information content (AvgIpc) is 3.07. The second kappa shape index (κ2) is 3.48. The van der Waals surface area contributed by atoms with Crippen molar-refractivity contribution in [2.75, 3.05) is 11.9 Å². The maximum absolute atomic E-state index is 11.2. The van der Waals surface area contributed by atoms with E-state index in [0.717, 1.165) is 12.8 Å². The summed E-state index contributed by atoms with van der Waals surface area (Å²) in [5, 5.41) is 13.8. The highest BCUT2D eigenvalue weighted by atomic mass is 16.5. The minimum atomic E-state index is -0.954. The Kier molecular flexibility index (Phi) is 2.07. The molecule has 1 saturated carbocycles. The van der Waals surface area contributed by atoms with Crippen molar-refractivity contribution in [2.45, 2.75) is 18.9 Å². The van der Waals surface area contributed by atoms with Gasteiger partial charge in [0.15, 0.2) is 11.4 Å². The average molecular weight is 232 g/mol. The molecule has 1 aromatic carbocycles. The van der Waals surface area contributed by atoms with Crippen LogP contribution < -0.4 is 4.90 Å². The standard InChI is InChI=1S/C12H12N2O3/c1-14(7-5-6-7)11-10-8(12(15)16)3-2-4-9(10)17-13-11/h2-4,7H,5-6H2,1H3,(H,15,16). The van der Waals surface area contributed by atoms with Crippen LogP contribution in [0.25, 0.3) is 11.0 Å². The van der Waals surface area contributed by atoms with E-state index < -0.39 is 5.97 Å². The first-order chi connectivity index (χ1) is 8.18. The van der Waals surface area contributed by atoms with E-state index in [1.165, 1.54) is 0 Å². The molecule has 1 heterocycles. The molecule has 0 unspecified atom stereocenters. The predicted octanol–water partition coefficient (Wildman–Crippen LogP) is 2.12. The van der Waals surface area contributed by atoms with Crippen LogP contribution in [0.5, 0.6) is 0 Å². The van der Waals surface area contributed by atoms with Crippen molar-refractivity contribution >= 4 is 22.8 Å². The van der Waals surface area contributed by atoms with Crippen LogP contribution in [-0.2, 0) is 0 Å². The molecule has 1 fully saturated rings. The Morgan fingerprint density at radius 2 is 2.29 bits per heavy atom. The normalized spacial score (nSPS) is 15.1. The summed E-state index contributed by atoms with van der Waals surface area (Å²) in [5.41, 5.74) is 0.763. The molecule has 1 N–H and O–H groups in total. The Morgan fingerprint density at radius 1 is 1.53 bits per heavy atom. The van der Waals surface area contributed by atoms with Crippen molar-refractivity contribution in [3.8, 4) is 0 Å². The third-order valence-electron chi connectivity index (χ3n) is 3.14. The molecule has 1 aliphatic carbocycles. The van der Waals surface area contributed by atoms with Gasteiger partial charge < -0.3 is 14.5 Å². The molecule has 1 aliphatic rings. The lowest BCUT2D eigenvalue weighted by Crippen LogP contribution is -2.20. The van der Waals surface area contributed by atoms with Crippen LogP contribution in [-0.4, -0.2) is 29.3 Å². The van der Waals surface area contributed by atoms with Crippen molar-refractivity contribution in [3.63, 3.8) is 0 Å². The van der Waals surface area contributed by atoms with E-state index in [4.69, 9.17) is 4.52 Å². The Morgan fingerprint density at radius 3 is 2.94 bits per heavy atom. The summed E-state index contributed by atoms with van der Waals surface area (Å²) >= 11 is 0. The number of carboxylic acids is 1. The van der Waals surface area contributed by atoms with E-state index in [-0.39, 0.29) is 5.56 Å². The number of aromatic nitrogens is 1. The molecule has 3 rings (SSSR count). The zero-order valence-corrected chi connectivity index (χ0v) is 9.38. The van der Waals surface area contributed by atoms with Crippen molar-refractivity contribution < 1.29 is 14.4 Å². The lowest BCUT2D eigenvalue weighted by Gasteiger charge is -2.14. The Labute approximate surface area is 97.6 Å². The first-order valence-electron chi connectivity index (χ1n) is 5.53. The van der Waals surface area contributed by atoms with Gasteiger partial charge >= 0.3 is 5.97 Å². The number of carbonyl (C=O) groups is 1. The molecule has 1 aromatic heterocycles. The minimum Gasteiger partial charge on any atom is -0.478 e. The van der Waals surface area contributed by atoms with Crippen LogP contribution in [0.2, 0.25) is 0 Å². The number of aromatic carboxylic acids is 1. The highest BCUT2D eigenvalue weighted by Gasteiger charge is 2.30. The molecule has 0 saturated heterocycles. The van der Waals surface area contributed by atoms with Gasteiger partial charge in [-0.1, -0.05) is 11.2 Å².